The highest BCUT2D eigenvalue weighted by Gasteiger charge is 2.22. The lowest BCUT2D eigenvalue weighted by Crippen LogP contribution is -2.48. The maximum Gasteiger partial charge on any atom is 0.255 e. The molecule has 152 valence electrons. The van der Waals surface area contributed by atoms with E-state index in [9.17, 15) is 9.59 Å². The van der Waals surface area contributed by atoms with Crippen molar-refractivity contribution in [3.05, 3.63) is 71.6 Å². The maximum atomic E-state index is 12.8. The van der Waals surface area contributed by atoms with Crippen LogP contribution in [0.3, 0.4) is 0 Å². The maximum absolute atomic E-state index is 12.8. The molecule has 29 heavy (non-hydrogen) atoms. The Morgan fingerprint density at radius 2 is 1.76 bits per heavy atom. The first-order valence-corrected chi connectivity index (χ1v) is 10.0. The summed E-state index contributed by atoms with van der Waals surface area (Å²) in [6.07, 6.45) is 7.30. The Labute approximate surface area is 172 Å². The molecule has 0 bridgehead atoms. The number of nitrogens with one attached hydrogen (secondary N) is 1. The summed E-state index contributed by atoms with van der Waals surface area (Å²) in [6.45, 7) is 7.64. The van der Waals surface area contributed by atoms with Crippen LogP contribution in [0.4, 0.5) is 0 Å². The van der Waals surface area contributed by atoms with Gasteiger partial charge < -0.3 is 10.2 Å². The Kier molecular flexibility index (Phi) is 7.14. The minimum absolute atomic E-state index is 0.0332. The van der Waals surface area contributed by atoms with E-state index in [0.717, 1.165) is 19.6 Å². The van der Waals surface area contributed by atoms with E-state index in [1.807, 2.05) is 36.9 Å². The van der Waals surface area contributed by atoms with Crippen molar-refractivity contribution in [3.8, 4) is 0 Å². The summed E-state index contributed by atoms with van der Waals surface area (Å²) < 4.78 is 0. The molecule has 1 aromatic heterocycles. The van der Waals surface area contributed by atoms with Crippen LogP contribution in [0.2, 0.25) is 0 Å². The predicted octanol–water partition coefficient (Wildman–Crippen LogP) is 2.69. The molecule has 6 nitrogen and oxygen atoms in total. The first-order chi connectivity index (χ1) is 14.0. The van der Waals surface area contributed by atoms with E-state index in [0.29, 0.717) is 24.2 Å². The summed E-state index contributed by atoms with van der Waals surface area (Å²) in [7, 11) is 0. The van der Waals surface area contributed by atoms with E-state index in [2.05, 4.69) is 39.5 Å². The number of hydrogen-bond donors (Lipinski definition) is 1. The van der Waals surface area contributed by atoms with Gasteiger partial charge in [-0.3, -0.25) is 19.5 Å². The molecular formula is C23H28N4O2. The van der Waals surface area contributed by atoms with Crippen molar-refractivity contribution in [3.63, 3.8) is 0 Å². The van der Waals surface area contributed by atoms with Crippen molar-refractivity contribution in [1.29, 1.82) is 0 Å². The smallest absolute Gasteiger partial charge is 0.255 e. The Hall–Kier alpha value is -2.99. The number of carbonyl (C=O) groups is 2. The molecule has 6 heteroatoms. The lowest BCUT2D eigenvalue weighted by atomic mass is 10.1. The number of carbonyl (C=O) groups excluding carboxylic acids is 2. The number of nitrogens with zero attached hydrogens (tertiary/aromatic N) is 3. The van der Waals surface area contributed by atoms with Crippen LogP contribution < -0.4 is 5.32 Å². The Morgan fingerprint density at radius 1 is 1.07 bits per heavy atom. The number of hydrogen-bond acceptors (Lipinski definition) is 4. The molecule has 1 aliphatic heterocycles. The second-order valence-electron chi connectivity index (χ2n) is 7.50. The minimum atomic E-state index is -0.211. The summed E-state index contributed by atoms with van der Waals surface area (Å²) in [5, 5.41) is 2.82. The molecule has 2 amide bonds. The molecule has 0 unspecified atom stereocenters. The fourth-order valence-corrected chi connectivity index (χ4v) is 3.24. The molecule has 0 atom stereocenters. The second-order valence-corrected chi connectivity index (χ2v) is 7.50. The number of piperazine rings is 1. The van der Waals surface area contributed by atoms with Gasteiger partial charge in [-0.1, -0.05) is 42.5 Å². The standard InChI is InChI=1S/C23H28N4O2/c1-18(2)25-22(28)20-15-21(17-24-16-20)23(29)27-13-11-26(12-14-27)10-6-9-19-7-4-3-5-8-19/h3-9,15-18H,10-14H2,1-2H3,(H,25,28)/b9-6+. The first kappa shape index (κ1) is 20.7. The third-order valence-corrected chi connectivity index (χ3v) is 4.80. The fraction of sp³-hybridized carbons (Fsp3) is 0.348. The minimum Gasteiger partial charge on any atom is -0.350 e. The summed E-state index contributed by atoms with van der Waals surface area (Å²) in [5.41, 5.74) is 2.06. The van der Waals surface area contributed by atoms with Crippen LogP contribution in [-0.4, -0.2) is 65.4 Å². The molecule has 1 fully saturated rings. The summed E-state index contributed by atoms with van der Waals surface area (Å²) in [5.74, 6) is -0.284. The van der Waals surface area contributed by atoms with Crippen LogP contribution in [0.1, 0.15) is 40.1 Å². The van der Waals surface area contributed by atoms with E-state index in [1.165, 1.54) is 18.0 Å². The lowest BCUT2D eigenvalue weighted by Gasteiger charge is -2.34. The van der Waals surface area contributed by atoms with Crippen LogP contribution in [0.15, 0.2) is 54.9 Å². The third-order valence-electron chi connectivity index (χ3n) is 4.80. The Balaban J connectivity index is 1.52. The molecule has 0 radical (unpaired) electrons. The zero-order valence-corrected chi connectivity index (χ0v) is 17.0. The molecule has 3 rings (SSSR count). The molecule has 2 aromatic rings. The Morgan fingerprint density at radius 3 is 2.45 bits per heavy atom. The van der Waals surface area contributed by atoms with Gasteiger partial charge in [0.15, 0.2) is 0 Å². The number of rotatable bonds is 6. The van der Waals surface area contributed by atoms with Crippen LogP contribution in [0.5, 0.6) is 0 Å². The van der Waals surface area contributed by atoms with E-state index in [1.54, 1.807) is 6.07 Å². The first-order valence-electron chi connectivity index (χ1n) is 10.0. The fourth-order valence-electron chi connectivity index (χ4n) is 3.24. The highest BCUT2D eigenvalue weighted by molar-refractivity contribution is 5.99. The molecule has 1 aliphatic rings. The zero-order chi connectivity index (χ0) is 20.6. The van der Waals surface area contributed by atoms with Gasteiger partial charge in [0.05, 0.1) is 11.1 Å². The van der Waals surface area contributed by atoms with Crippen LogP contribution in [-0.2, 0) is 0 Å². The molecule has 1 saturated heterocycles. The predicted molar refractivity (Wildman–Crippen MR) is 115 cm³/mol. The van der Waals surface area contributed by atoms with Crippen molar-refractivity contribution in [2.45, 2.75) is 19.9 Å². The van der Waals surface area contributed by atoms with E-state index >= 15 is 0 Å². The largest absolute Gasteiger partial charge is 0.350 e. The van der Waals surface area contributed by atoms with Gasteiger partial charge in [-0.05, 0) is 25.5 Å². The summed E-state index contributed by atoms with van der Waals surface area (Å²) >= 11 is 0. The van der Waals surface area contributed by atoms with Crippen molar-refractivity contribution in [2.24, 2.45) is 0 Å². The van der Waals surface area contributed by atoms with E-state index in [4.69, 9.17) is 0 Å². The summed E-state index contributed by atoms with van der Waals surface area (Å²) in [6, 6.07) is 11.9. The normalized spacial score (nSPS) is 15.1. The molecule has 2 heterocycles. The van der Waals surface area contributed by atoms with Gasteiger partial charge >= 0.3 is 0 Å². The molecule has 0 spiro atoms. The van der Waals surface area contributed by atoms with Gasteiger partial charge in [0, 0.05) is 51.2 Å². The van der Waals surface area contributed by atoms with Gasteiger partial charge in [-0.2, -0.15) is 0 Å². The molecule has 0 saturated carbocycles. The van der Waals surface area contributed by atoms with Gasteiger partial charge in [0.1, 0.15) is 0 Å². The molecule has 1 aromatic carbocycles. The number of benzene rings is 1. The number of pyridine rings is 1. The van der Waals surface area contributed by atoms with Crippen molar-refractivity contribution >= 4 is 17.9 Å². The molecular weight excluding hydrogens is 364 g/mol. The van der Waals surface area contributed by atoms with Gasteiger partial charge in [-0.25, -0.2) is 0 Å². The highest BCUT2D eigenvalue weighted by atomic mass is 16.2. The van der Waals surface area contributed by atoms with Gasteiger partial charge in [0.2, 0.25) is 0 Å². The van der Waals surface area contributed by atoms with Gasteiger partial charge in [0.25, 0.3) is 11.8 Å². The van der Waals surface area contributed by atoms with Gasteiger partial charge in [-0.15, -0.1) is 0 Å². The topological polar surface area (TPSA) is 65.5 Å². The van der Waals surface area contributed by atoms with E-state index in [-0.39, 0.29) is 17.9 Å². The SMILES string of the molecule is CC(C)NC(=O)c1cncc(C(=O)N2CCN(C/C=C/c3ccccc3)CC2)c1. The number of aromatic nitrogens is 1. The second kappa shape index (κ2) is 9.98. The van der Waals surface area contributed by atoms with Crippen LogP contribution in [0.25, 0.3) is 6.08 Å². The lowest BCUT2D eigenvalue weighted by molar-refractivity contribution is 0.0650. The average Bonchev–Trinajstić information content (AvgIpc) is 2.74. The zero-order valence-electron chi connectivity index (χ0n) is 17.0. The number of amides is 2. The molecule has 0 aliphatic carbocycles. The van der Waals surface area contributed by atoms with Crippen molar-refractivity contribution in [2.75, 3.05) is 32.7 Å². The highest BCUT2D eigenvalue weighted by Crippen LogP contribution is 2.11. The Bertz CT molecular complexity index is 856. The monoisotopic (exact) mass is 392 g/mol. The van der Waals surface area contributed by atoms with Crippen LogP contribution >= 0.6 is 0 Å². The summed E-state index contributed by atoms with van der Waals surface area (Å²) in [4.78, 5) is 33.2. The van der Waals surface area contributed by atoms with E-state index < -0.39 is 0 Å². The third kappa shape index (κ3) is 5.99. The quantitative estimate of drug-likeness (QED) is 0.821. The van der Waals surface area contributed by atoms with Crippen molar-refractivity contribution < 1.29 is 9.59 Å². The average molecular weight is 393 g/mol. The van der Waals surface area contributed by atoms with Crippen LogP contribution in [0, 0.1) is 0 Å². The van der Waals surface area contributed by atoms with Crippen molar-refractivity contribution in [1.82, 2.24) is 20.1 Å². The molecule has 1 N–H and O–H groups in total.